The lowest BCUT2D eigenvalue weighted by atomic mass is 10.1. The molecule has 0 aliphatic heterocycles. The molecule has 2 aromatic carbocycles. The van der Waals surface area contributed by atoms with Gasteiger partial charge in [-0.2, -0.15) is 0 Å². The molecule has 0 radical (unpaired) electrons. The third-order valence-corrected chi connectivity index (χ3v) is 6.69. The lowest BCUT2D eigenvalue weighted by molar-refractivity contribution is 0.452. The van der Waals surface area contributed by atoms with Crippen LogP contribution in [0.2, 0.25) is 0 Å². The van der Waals surface area contributed by atoms with Crippen molar-refractivity contribution < 1.29 is 18.6 Å². The van der Waals surface area contributed by atoms with Crippen LogP contribution in [-0.2, 0) is 9.84 Å². The van der Waals surface area contributed by atoms with Crippen LogP contribution in [0.15, 0.2) is 21.9 Å². The number of hydrogen-bond acceptors (Lipinski definition) is 4. The molecule has 0 heterocycles. The van der Waals surface area contributed by atoms with E-state index in [2.05, 4.69) is 0 Å². The minimum atomic E-state index is -3.96. The third-order valence-electron chi connectivity index (χ3n) is 4.50. The van der Waals surface area contributed by atoms with Crippen LogP contribution in [0, 0.1) is 41.5 Å². The Bertz CT molecular complexity index is 788. The van der Waals surface area contributed by atoms with Gasteiger partial charge in [-0.25, -0.2) is 8.42 Å². The second-order valence-electron chi connectivity index (χ2n) is 6.11. The van der Waals surface area contributed by atoms with Gasteiger partial charge in [0.1, 0.15) is 16.4 Å². The summed E-state index contributed by atoms with van der Waals surface area (Å²) in [6, 6.07) is 3.31. The van der Waals surface area contributed by atoms with E-state index >= 15 is 0 Å². The number of sulfone groups is 1. The first-order chi connectivity index (χ1) is 10.5. The molecule has 0 aromatic heterocycles. The van der Waals surface area contributed by atoms with Crippen molar-refractivity contribution in [2.45, 2.75) is 51.3 Å². The summed E-state index contributed by atoms with van der Waals surface area (Å²) in [5.74, 6) is -0.291. The Kier molecular flexibility index (Phi) is 4.20. The summed E-state index contributed by atoms with van der Waals surface area (Å²) in [6.07, 6.45) is 0. The van der Waals surface area contributed by atoms with Gasteiger partial charge in [0.05, 0.1) is 4.90 Å². The fraction of sp³-hybridized carbons (Fsp3) is 0.333. The van der Waals surface area contributed by atoms with Crippen molar-refractivity contribution in [3.63, 3.8) is 0 Å². The monoisotopic (exact) mass is 334 g/mol. The summed E-state index contributed by atoms with van der Waals surface area (Å²) in [5.41, 5.74) is 3.40. The van der Waals surface area contributed by atoms with Crippen molar-refractivity contribution in [1.29, 1.82) is 0 Å². The van der Waals surface area contributed by atoms with E-state index in [1.807, 2.05) is 6.92 Å². The summed E-state index contributed by atoms with van der Waals surface area (Å²) >= 11 is 0. The van der Waals surface area contributed by atoms with Gasteiger partial charge in [-0.1, -0.05) is 6.07 Å². The van der Waals surface area contributed by atoms with Gasteiger partial charge in [0.15, 0.2) is 0 Å². The van der Waals surface area contributed by atoms with E-state index in [0.29, 0.717) is 27.8 Å². The number of phenols is 2. The van der Waals surface area contributed by atoms with Crippen molar-refractivity contribution in [1.82, 2.24) is 0 Å². The summed E-state index contributed by atoms with van der Waals surface area (Å²) in [6.45, 7) is 10.2. The maximum absolute atomic E-state index is 13.3. The first-order valence-electron chi connectivity index (χ1n) is 7.34. The standard InChI is InChI=1S/C18H22O4S/c1-9-7-11(3)16(20)18(13(9)5)23(21,22)17-12(4)10(2)8-15(19)14(17)6/h7-8,19-20H,1-6H3. The molecule has 0 unspecified atom stereocenters. The van der Waals surface area contributed by atoms with Gasteiger partial charge in [0, 0.05) is 5.56 Å². The van der Waals surface area contributed by atoms with Crippen molar-refractivity contribution in [3.8, 4) is 11.5 Å². The summed E-state index contributed by atoms with van der Waals surface area (Å²) < 4.78 is 26.5. The van der Waals surface area contributed by atoms with Crippen molar-refractivity contribution in [3.05, 3.63) is 45.5 Å². The van der Waals surface area contributed by atoms with E-state index in [-0.39, 0.29) is 21.3 Å². The van der Waals surface area contributed by atoms with Crippen LogP contribution in [0.1, 0.15) is 33.4 Å². The molecule has 0 aliphatic rings. The highest BCUT2D eigenvalue weighted by atomic mass is 32.2. The van der Waals surface area contributed by atoms with Crippen LogP contribution in [-0.4, -0.2) is 18.6 Å². The number of rotatable bonds is 2. The van der Waals surface area contributed by atoms with E-state index in [9.17, 15) is 18.6 Å². The van der Waals surface area contributed by atoms with E-state index in [0.717, 1.165) is 5.56 Å². The minimum absolute atomic E-state index is 0.0619. The molecule has 0 aliphatic carbocycles. The van der Waals surface area contributed by atoms with E-state index in [1.165, 1.54) is 0 Å². The second kappa shape index (κ2) is 5.57. The van der Waals surface area contributed by atoms with Gasteiger partial charge in [0.2, 0.25) is 9.84 Å². The minimum Gasteiger partial charge on any atom is -0.508 e. The topological polar surface area (TPSA) is 74.6 Å². The lowest BCUT2D eigenvalue weighted by Gasteiger charge is -2.18. The fourth-order valence-electron chi connectivity index (χ4n) is 2.87. The van der Waals surface area contributed by atoms with Gasteiger partial charge >= 0.3 is 0 Å². The molecular weight excluding hydrogens is 312 g/mol. The van der Waals surface area contributed by atoms with Gasteiger partial charge in [-0.15, -0.1) is 0 Å². The number of hydrogen-bond donors (Lipinski definition) is 2. The van der Waals surface area contributed by atoms with Crippen molar-refractivity contribution in [2.75, 3.05) is 0 Å². The average molecular weight is 334 g/mol. The fourth-order valence-corrected chi connectivity index (χ4v) is 5.12. The Hall–Kier alpha value is -2.01. The number of benzene rings is 2. The number of phenolic OH excluding ortho intramolecular Hbond substituents is 2. The first kappa shape index (κ1) is 17.3. The average Bonchev–Trinajstić information content (AvgIpc) is 2.43. The summed E-state index contributed by atoms with van der Waals surface area (Å²) in [4.78, 5) is -0.00963. The zero-order valence-electron chi connectivity index (χ0n) is 14.3. The highest BCUT2D eigenvalue weighted by Gasteiger charge is 2.30. The number of aryl methyl sites for hydroxylation is 3. The molecule has 0 saturated carbocycles. The zero-order valence-corrected chi connectivity index (χ0v) is 15.1. The van der Waals surface area contributed by atoms with Crippen LogP contribution in [0.4, 0.5) is 0 Å². The molecule has 0 atom stereocenters. The van der Waals surface area contributed by atoms with Crippen LogP contribution < -0.4 is 0 Å². The molecule has 0 bridgehead atoms. The van der Waals surface area contributed by atoms with E-state index in [1.54, 1.807) is 46.8 Å². The normalized spacial score (nSPS) is 11.7. The molecule has 2 N–H and O–H groups in total. The first-order valence-corrected chi connectivity index (χ1v) is 8.83. The maximum atomic E-state index is 13.3. The van der Waals surface area contributed by atoms with E-state index in [4.69, 9.17) is 0 Å². The molecule has 0 saturated heterocycles. The Labute approximate surface area is 137 Å². The lowest BCUT2D eigenvalue weighted by Crippen LogP contribution is -2.11. The molecule has 2 aromatic rings. The Balaban J connectivity index is 2.97. The molecule has 2 rings (SSSR count). The second-order valence-corrected chi connectivity index (χ2v) is 7.93. The van der Waals surface area contributed by atoms with Crippen molar-refractivity contribution >= 4 is 9.84 Å². The molecular formula is C18H22O4S. The smallest absolute Gasteiger partial charge is 0.211 e. The summed E-state index contributed by atoms with van der Waals surface area (Å²) in [7, 11) is -3.96. The van der Waals surface area contributed by atoms with Crippen LogP contribution in [0.3, 0.4) is 0 Å². The van der Waals surface area contributed by atoms with Gasteiger partial charge in [0.25, 0.3) is 0 Å². The predicted octanol–water partition coefficient (Wildman–Crippen LogP) is 3.78. The summed E-state index contributed by atoms with van der Waals surface area (Å²) in [5, 5.41) is 20.4. The highest BCUT2D eigenvalue weighted by Crippen LogP contribution is 2.40. The Morgan fingerprint density at radius 2 is 1.17 bits per heavy atom. The largest absolute Gasteiger partial charge is 0.508 e. The number of aromatic hydroxyl groups is 2. The van der Waals surface area contributed by atoms with Crippen LogP contribution in [0.25, 0.3) is 0 Å². The molecule has 0 spiro atoms. The van der Waals surface area contributed by atoms with Crippen molar-refractivity contribution in [2.24, 2.45) is 0 Å². The molecule has 0 amide bonds. The third kappa shape index (κ3) is 2.59. The SMILES string of the molecule is Cc1cc(O)c(C)c(S(=O)(=O)c2c(C)c(C)cc(C)c2O)c1C. The van der Waals surface area contributed by atoms with E-state index < -0.39 is 9.84 Å². The Morgan fingerprint density at radius 3 is 1.74 bits per heavy atom. The predicted molar refractivity (Wildman–Crippen MR) is 90.1 cm³/mol. The Morgan fingerprint density at radius 1 is 0.696 bits per heavy atom. The molecule has 0 fully saturated rings. The molecule has 4 nitrogen and oxygen atoms in total. The molecule has 124 valence electrons. The van der Waals surface area contributed by atoms with Crippen LogP contribution >= 0.6 is 0 Å². The van der Waals surface area contributed by atoms with Gasteiger partial charge < -0.3 is 10.2 Å². The molecule has 5 heteroatoms. The molecule has 23 heavy (non-hydrogen) atoms. The maximum Gasteiger partial charge on any atom is 0.211 e. The zero-order chi connectivity index (χ0) is 17.7. The van der Waals surface area contributed by atoms with Gasteiger partial charge in [-0.3, -0.25) is 0 Å². The quantitative estimate of drug-likeness (QED) is 0.876. The van der Waals surface area contributed by atoms with Gasteiger partial charge in [-0.05, 0) is 75.4 Å². The van der Waals surface area contributed by atoms with Crippen LogP contribution in [0.5, 0.6) is 11.5 Å². The highest BCUT2D eigenvalue weighted by molar-refractivity contribution is 7.91.